The van der Waals surface area contributed by atoms with Crippen LogP contribution in [0, 0.1) is 5.92 Å². The van der Waals surface area contributed by atoms with Gasteiger partial charge in [-0.05, 0) is 30.5 Å². The van der Waals surface area contributed by atoms with Crippen LogP contribution in [0.5, 0.6) is 0 Å². The van der Waals surface area contributed by atoms with Crippen molar-refractivity contribution in [1.82, 2.24) is 5.32 Å². The van der Waals surface area contributed by atoms with E-state index in [4.69, 9.17) is 5.73 Å². The van der Waals surface area contributed by atoms with Gasteiger partial charge in [0.1, 0.15) is 0 Å². The first-order valence-electron chi connectivity index (χ1n) is 5.73. The average molecular weight is 299 g/mol. The summed E-state index contributed by atoms with van der Waals surface area (Å²) in [7, 11) is 0. The Hall–Kier alpha value is -0.870. The second-order valence-electron chi connectivity index (χ2n) is 4.56. The minimum Gasteiger partial charge on any atom is -0.348 e. The van der Waals surface area contributed by atoms with E-state index in [-0.39, 0.29) is 17.9 Å². The van der Waals surface area contributed by atoms with Crippen LogP contribution in [0.1, 0.15) is 32.4 Å². The molecule has 94 valence electrons. The molecule has 0 aromatic heterocycles. The molecule has 0 fully saturated rings. The van der Waals surface area contributed by atoms with Crippen molar-refractivity contribution in [3.63, 3.8) is 0 Å². The van der Waals surface area contributed by atoms with Gasteiger partial charge in [-0.25, -0.2) is 0 Å². The Kier molecular flexibility index (Phi) is 5.15. The number of carbonyl (C=O) groups is 1. The highest BCUT2D eigenvalue weighted by molar-refractivity contribution is 9.10. The summed E-state index contributed by atoms with van der Waals surface area (Å²) in [6.07, 6.45) is 0. The van der Waals surface area contributed by atoms with Gasteiger partial charge in [-0.1, -0.05) is 41.9 Å². The van der Waals surface area contributed by atoms with Crippen molar-refractivity contribution in [2.45, 2.75) is 32.9 Å². The maximum atomic E-state index is 11.8. The van der Waals surface area contributed by atoms with Crippen LogP contribution in [0.25, 0.3) is 0 Å². The van der Waals surface area contributed by atoms with E-state index < -0.39 is 6.04 Å². The van der Waals surface area contributed by atoms with Crippen LogP contribution < -0.4 is 11.1 Å². The lowest BCUT2D eigenvalue weighted by atomic mass is 10.0. The fourth-order valence-corrected chi connectivity index (χ4v) is 1.89. The lowest BCUT2D eigenvalue weighted by Crippen LogP contribution is -2.44. The van der Waals surface area contributed by atoms with Crippen LogP contribution >= 0.6 is 15.9 Å². The minimum absolute atomic E-state index is 0.0372. The second-order valence-corrected chi connectivity index (χ2v) is 5.47. The van der Waals surface area contributed by atoms with Crippen LogP contribution in [-0.2, 0) is 4.79 Å². The molecule has 1 aromatic carbocycles. The van der Waals surface area contributed by atoms with E-state index in [1.807, 2.05) is 45.0 Å². The summed E-state index contributed by atoms with van der Waals surface area (Å²) in [5.41, 5.74) is 6.85. The molecular formula is C13H19BrN2O. The molecule has 0 aliphatic heterocycles. The van der Waals surface area contributed by atoms with Crippen molar-refractivity contribution in [2.24, 2.45) is 11.7 Å². The lowest BCUT2D eigenvalue weighted by molar-refractivity contribution is -0.123. The van der Waals surface area contributed by atoms with Gasteiger partial charge in [0.2, 0.25) is 5.91 Å². The van der Waals surface area contributed by atoms with Gasteiger partial charge in [0.15, 0.2) is 0 Å². The molecule has 0 aliphatic rings. The molecule has 3 nitrogen and oxygen atoms in total. The summed E-state index contributed by atoms with van der Waals surface area (Å²) in [6, 6.07) is 7.39. The Morgan fingerprint density at radius 1 is 1.35 bits per heavy atom. The van der Waals surface area contributed by atoms with Crippen LogP contribution in [0.15, 0.2) is 28.7 Å². The van der Waals surface area contributed by atoms with Gasteiger partial charge >= 0.3 is 0 Å². The third-order valence-corrected chi connectivity index (χ3v) is 3.22. The number of hydrogen-bond donors (Lipinski definition) is 2. The minimum atomic E-state index is -0.454. The number of amides is 1. The van der Waals surface area contributed by atoms with Crippen LogP contribution in [0.4, 0.5) is 0 Å². The van der Waals surface area contributed by atoms with E-state index in [0.29, 0.717) is 0 Å². The maximum Gasteiger partial charge on any atom is 0.237 e. The number of nitrogens with two attached hydrogens (primary N) is 1. The summed E-state index contributed by atoms with van der Waals surface area (Å²) in [4.78, 5) is 11.8. The van der Waals surface area contributed by atoms with E-state index in [0.717, 1.165) is 10.0 Å². The highest BCUT2D eigenvalue weighted by Gasteiger charge is 2.19. The molecule has 0 unspecified atom stereocenters. The van der Waals surface area contributed by atoms with Crippen LogP contribution in [0.3, 0.4) is 0 Å². The van der Waals surface area contributed by atoms with Gasteiger partial charge in [-0.3, -0.25) is 4.79 Å². The van der Waals surface area contributed by atoms with Gasteiger partial charge in [0.25, 0.3) is 0 Å². The van der Waals surface area contributed by atoms with Gasteiger partial charge in [0.05, 0.1) is 12.1 Å². The molecule has 1 amide bonds. The van der Waals surface area contributed by atoms with Crippen molar-refractivity contribution in [3.8, 4) is 0 Å². The third kappa shape index (κ3) is 4.13. The zero-order valence-corrected chi connectivity index (χ0v) is 12.0. The lowest BCUT2D eigenvalue weighted by Gasteiger charge is -2.20. The molecule has 0 spiro atoms. The highest BCUT2D eigenvalue weighted by atomic mass is 79.9. The van der Waals surface area contributed by atoms with E-state index >= 15 is 0 Å². The van der Waals surface area contributed by atoms with E-state index in [1.54, 1.807) is 0 Å². The number of nitrogens with one attached hydrogen (secondary N) is 1. The van der Waals surface area contributed by atoms with E-state index in [2.05, 4.69) is 21.2 Å². The molecule has 1 aromatic rings. The summed E-state index contributed by atoms with van der Waals surface area (Å²) in [6.45, 7) is 5.83. The monoisotopic (exact) mass is 298 g/mol. The highest BCUT2D eigenvalue weighted by Crippen LogP contribution is 2.18. The summed E-state index contributed by atoms with van der Waals surface area (Å²) in [5, 5.41) is 2.92. The summed E-state index contributed by atoms with van der Waals surface area (Å²) in [5.74, 6) is 0.0391. The molecule has 0 bridgehead atoms. The Morgan fingerprint density at radius 2 is 2.00 bits per heavy atom. The van der Waals surface area contributed by atoms with E-state index in [9.17, 15) is 4.79 Å². The second kappa shape index (κ2) is 6.17. The standard InChI is InChI=1S/C13H19BrN2O/c1-8(2)12(15)13(17)16-9(3)10-5-4-6-11(14)7-10/h4-9,12H,15H2,1-3H3,(H,16,17)/t9-,12-/m0/s1. The molecule has 0 radical (unpaired) electrons. The molecular weight excluding hydrogens is 280 g/mol. The topological polar surface area (TPSA) is 55.1 Å². The van der Waals surface area contributed by atoms with Crippen molar-refractivity contribution < 1.29 is 4.79 Å². The smallest absolute Gasteiger partial charge is 0.237 e. The average Bonchev–Trinajstić information content (AvgIpc) is 2.27. The molecule has 2 atom stereocenters. The molecule has 0 saturated carbocycles. The zero-order valence-electron chi connectivity index (χ0n) is 10.4. The molecule has 4 heteroatoms. The maximum absolute atomic E-state index is 11.8. The number of hydrogen-bond acceptors (Lipinski definition) is 2. The largest absolute Gasteiger partial charge is 0.348 e. The molecule has 3 N–H and O–H groups in total. The van der Waals surface area contributed by atoms with Gasteiger partial charge in [-0.2, -0.15) is 0 Å². The van der Waals surface area contributed by atoms with Crippen LogP contribution in [0.2, 0.25) is 0 Å². The van der Waals surface area contributed by atoms with Crippen molar-refractivity contribution in [2.75, 3.05) is 0 Å². The molecule has 17 heavy (non-hydrogen) atoms. The van der Waals surface area contributed by atoms with Crippen molar-refractivity contribution in [1.29, 1.82) is 0 Å². The zero-order chi connectivity index (χ0) is 13.0. The SMILES string of the molecule is CC(C)[C@H](N)C(=O)N[C@@H](C)c1cccc(Br)c1. The number of benzene rings is 1. The van der Waals surface area contributed by atoms with E-state index in [1.165, 1.54) is 0 Å². The van der Waals surface area contributed by atoms with Crippen LogP contribution in [-0.4, -0.2) is 11.9 Å². The third-order valence-electron chi connectivity index (χ3n) is 2.73. The van der Waals surface area contributed by atoms with Gasteiger partial charge in [-0.15, -0.1) is 0 Å². The quantitative estimate of drug-likeness (QED) is 0.898. The predicted octanol–water partition coefficient (Wildman–Crippen LogP) is 2.61. The fourth-order valence-electron chi connectivity index (χ4n) is 1.47. The molecule has 0 saturated heterocycles. The van der Waals surface area contributed by atoms with Gasteiger partial charge < -0.3 is 11.1 Å². The van der Waals surface area contributed by atoms with Crippen molar-refractivity contribution in [3.05, 3.63) is 34.3 Å². The Labute approximate surface area is 111 Å². The number of halogens is 1. The molecule has 0 aliphatic carbocycles. The molecule has 1 rings (SSSR count). The first kappa shape index (κ1) is 14.2. The summed E-state index contributed by atoms with van der Waals surface area (Å²) >= 11 is 3.41. The van der Waals surface area contributed by atoms with Crippen molar-refractivity contribution >= 4 is 21.8 Å². The number of rotatable bonds is 4. The Bertz CT molecular complexity index is 393. The van der Waals surface area contributed by atoms with Gasteiger partial charge in [0, 0.05) is 4.47 Å². The predicted molar refractivity (Wildman–Crippen MR) is 73.5 cm³/mol. The fraction of sp³-hybridized carbons (Fsp3) is 0.462. The first-order chi connectivity index (χ1) is 7.91. The first-order valence-corrected chi connectivity index (χ1v) is 6.52. The Balaban J connectivity index is 2.66. The summed E-state index contributed by atoms with van der Waals surface area (Å²) < 4.78 is 1.00. The Morgan fingerprint density at radius 3 is 2.53 bits per heavy atom. The molecule has 0 heterocycles. The normalized spacial score (nSPS) is 14.5. The number of carbonyl (C=O) groups excluding carboxylic acids is 1.